The van der Waals surface area contributed by atoms with Gasteiger partial charge in [-0.25, -0.2) is 5.43 Å². The van der Waals surface area contributed by atoms with E-state index in [9.17, 15) is 4.79 Å². The molecule has 14 heavy (non-hydrogen) atoms. The highest BCUT2D eigenvalue weighted by Crippen LogP contribution is 1.93. The van der Waals surface area contributed by atoms with Crippen molar-refractivity contribution in [1.82, 2.24) is 5.43 Å². The van der Waals surface area contributed by atoms with Crippen LogP contribution < -0.4 is 5.43 Å². The van der Waals surface area contributed by atoms with Gasteiger partial charge in [-0.2, -0.15) is 5.10 Å². The lowest BCUT2D eigenvalue weighted by molar-refractivity contribution is -0.120. The van der Waals surface area contributed by atoms with Crippen LogP contribution in [0.25, 0.3) is 0 Å². The molecule has 0 aromatic heterocycles. The van der Waals surface area contributed by atoms with Gasteiger partial charge in [0.2, 0.25) is 5.91 Å². The smallest absolute Gasteiger partial charge is 0.241 e. The van der Waals surface area contributed by atoms with Gasteiger partial charge in [0.1, 0.15) is 0 Å². The number of hydrazone groups is 1. The van der Waals surface area contributed by atoms with E-state index in [1.807, 2.05) is 30.3 Å². The maximum Gasteiger partial charge on any atom is 0.241 e. The first-order chi connectivity index (χ1) is 6.83. The van der Waals surface area contributed by atoms with Crippen LogP contribution in [0.4, 0.5) is 0 Å². The second-order valence-corrected chi connectivity index (χ2v) is 3.02. The quantitative estimate of drug-likeness (QED) is 0.459. The molecule has 0 atom stereocenters. The van der Waals surface area contributed by atoms with Crippen LogP contribution in [-0.4, -0.2) is 18.0 Å². The van der Waals surface area contributed by atoms with E-state index in [-0.39, 0.29) is 12.3 Å². The lowest BCUT2D eigenvalue weighted by Crippen LogP contribution is -2.17. The molecule has 1 aromatic rings. The van der Waals surface area contributed by atoms with E-state index in [0.29, 0.717) is 5.88 Å². The highest BCUT2D eigenvalue weighted by molar-refractivity contribution is 6.18. The Morgan fingerprint density at radius 3 is 2.79 bits per heavy atom. The van der Waals surface area contributed by atoms with Gasteiger partial charge in [-0.15, -0.1) is 11.6 Å². The molecule has 1 N–H and O–H groups in total. The van der Waals surface area contributed by atoms with Crippen molar-refractivity contribution in [1.29, 1.82) is 0 Å². The minimum atomic E-state index is -0.174. The van der Waals surface area contributed by atoms with Gasteiger partial charge in [-0.3, -0.25) is 4.79 Å². The van der Waals surface area contributed by atoms with Crippen LogP contribution in [0, 0.1) is 0 Å². The van der Waals surface area contributed by atoms with E-state index in [1.54, 1.807) is 6.21 Å². The van der Waals surface area contributed by atoms with Crippen molar-refractivity contribution in [2.45, 2.75) is 6.42 Å². The molecule has 0 saturated heterocycles. The number of carbonyl (C=O) groups excluding carboxylic acids is 1. The molecule has 1 amide bonds. The van der Waals surface area contributed by atoms with Crippen molar-refractivity contribution in [3.8, 4) is 0 Å². The predicted molar refractivity (Wildman–Crippen MR) is 57.5 cm³/mol. The number of amides is 1. The standard InChI is InChI=1S/C10H11ClN2O/c11-7-6-10(14)13-12-8-9-4-2-1-3-5-9/h1-5,8H,6-7H2,(H,13,14). The Morgan fingerprint density at radius 2 is 2.14 bits per heavy atom. The number of halogens is 1. The summed E-state index contributed by atoms with van der Waals surface area (Å²) in [5.41, 5.74) is 3.32. The van der Waals surface area contributed by atoms with E-state index in [1.165, 1.54) is 0 Å². The van der Waals surface area contributed by atoms with Gasteiger partial charge >= 0.3 is 0 Å². The summed E-state index contributed by atoms with van der Waals surface area (Å²) in [4.78, 5) is 10.9. The minimum Gasteiger partial charge on any atom is -0.273 e. The number of hydrogen-bond acceptors (Lipinski definition) is 2. The molecule has 0 bridgehead atoms. The molecule has 0 aliphatic rings. The third-order valence-corrected chi connectivity index (χ3v) is 1.71. The highest BCUT2D eigenvalue weighted by atomic mass is 35.5. The lowest BCUT2D eigenvalue weighted by Gasteiger charge is -1.95. The summed E-state index contributed by atoms with van der Waals surface area (Å²) in [5.74, 6) is 0.138. The number of nitrogens with one attached hydrogen (secondary N) is 1. The molecule has 3 nitrogen and oxygen atoms in total. The average Bonchev–Trinajstić information content (AvgIpc) is 2.20. The molecule has 0 fully saturated rings. The second-order valence-electron chi connectivity index (χ2n) is 2.64. The zero-order valence-corrected chi connectivity index (χ0v) is 8.37. The SMILES string of the molecule is O=C(CCCl)NN=Cc1ccccc1. The summed E-state index contributed by atoms with van der Waals surface area (Å²) in [5, 5.41) is 3.78. The third kappa shape index (κ3) is 4.05. The Kier molecular flexibility index (Phi) is 4.72. The molecule has 0 aliphatic heterocycles. The van der Waals surface area contributed by atoms with Gasteiger partial charge in [-0.05, 0) is 5.56 Å². The summed E-state index contributed by atoms with van der Waals surface area (Å²) >= 11 is 5.38. The van der Waals surface area contributed by atoms with Crippen LogP contribution >= 0.6 is 11.6 Å². The average molecular weight is 211 g/mol. The van der Waals surface area contributed by atoms with Crippen molar-refractivity contribution in [3.05, 3.63) is 35.9 Å². The van der Waals surface area contributed by atoms with Gasteiger partial charge in [0.05, 0.1) is 6.21 Å². The minimum absolute atomic E-state index is 0.174. The predicted octanol–water partition coefficient (Wildman–Crippen LogP) is 1.77. The Bertz CT molecular complexity index is 311. The molecule has 4 heteroatoms. The summed E-state index contributed by atoms with van der Waals surface area (Å²) in [6.07, 6.45) is 1.87. The van der Waals surface area contributed by atoms with Crippen LogP contribution in [0.15, 0.2) is 35.4 Å². The lowest BCUT2D eigenvalue weighted by atomic mass is 10.2. The first-order valence-electron chi connectivity index (χ1n) is 4.26. The van der Waals surface area contributed by atoms with Gasteiger partial charge < -0.3 is 0 Å². The number of benzene rings is 1. The number of carbonyl (C=O) groups is 1. The number of alkyl halides is 1. The van der Waals surface area contributed by atoms with Crippen LogP contribution in [0.1, 0.15) is 12.0 Å². The second kappa shape index (κ2) is 6.16. The molecule has 0 heterocycles. The van der Waals surface area contributed by atoms with Gasteiger partial charge in [0.15, 0.2) is 0 Å². The third-order valence-electron chi connectivity index (χ3n) is 1.52. The van der Waals surface area contributed by atoms with Crippen molar-refractivity contribution in [2.24, 2.45) is 5.10 Å². The van der Waals surface area contributed by atoms with Crippen molar-refractivity contribution in [2.75, 3.05) is 5.88 Å². The highest BCUT2D eigenvalue weighted by Gasteiger charge is 1.95. The van der Waals surface area contributed by atoms with E-state index < -0.39 is 0 Å². The first-order valence-corrected chi connectivity index (χ1v) is 4.79. The van der Waals surface area contributed by atoms with Crippen molar-refractivity contribution < 1.29 is 4.79 Å². The van der Waals surface area contributed by atoms with Crippen LogP contribution in [-0.2, 0) is 4.79 Å². The van der Waals surface area contributed by atoms with Crippen molar-refractivity contribution in [3.63, 3.8) is 0 Å². The number of hydrogen-bond donors (Lipinski definition) is 1. The summed E-state index contributed by atoms with van der Waals surface area (Å²) in [6, 6.07) is 9.53. The molecular weight excluding hydrogens is 200 g/mol. The van der Waals surface area contributed by atoms with E-state index in [4.69, 9.17) is 11.6 Å². The molecule has 0 unspecified atom stereocenters. The zero-order chi connectivity index (χ0) is 10.2. The normalized spacial score (nSPS) is 10.4. The summed E-state index contributed by atoms with van der Waals surface area (Å²) < 4.78 is 0. The van der Waals surface area contributed by atoms with Crippen LogP contribution in [0.2, 0.25) is 0 Å². The maximum absolute atomic E-state index is 10.9. The first kappa shape index (κ1) is 10.7. The number of nitrogens with zero attached hydrogens (tertiary/aromatic N) is 1. The molecule has 0 saturated carbocycles. The molecule has 0 spiro atoms. The molecule has 1 aromatic carbocycles. The van der Waals surface area contributed by atoms with E-state index in [0.717, 1.165) is 5.56 Å². The monoisotopic (exact) mass is 210 g/mol. The fraction of sp³-hybridized carbons (Fsp3) is 0.200. The van der Waals surface area contributed by atoms with Crippen molar-refractivity contribution >= 4 is 23.7 Å². The Balaban J connectivity index is 2.38. The molecule has 0 aliphatic carbocycles. The Labute approximate surface area is 87.8 Å². The van der Waals surface area contributed by atoms with Crippen LogP contribution in [0.5, 0.6) is 0 Å². The zero-order valence-electron chi connectivity index (χ0n) is 7.61. The number of rotatable bonds is 4. The van der Waals surface area contributed by atoms with E-state index >= 15 is 0 Å². The van der Waals surface area contributed by atoms with Gasteiger partial charge in [0.25, 0.3) is 0 Å². The summed E-state index contributed by atoms with van der Waals surface area (Å²) in [7, 11) is 0. The Hall–Kier alpha value is -1.35. The molecular formula is C10H11ClN2O. The fourth-order valence-corrected chi connectivity index (χ4v) is 1.03. The fourth-order valence-electron chi connectivity index (χ4n) is 0.860. The Morgan fingerprint density at radius 1 is 1.43 bits per heavy atom. The summed E-state index contributed by atoms with van der Waals surface area (Å²) in [6.45, 7) is 0. The maximum atomic E-state index is 10.9. The molecule has 0 radical (unpaired) electrons. The van der Waals surface area contributed by atoms with Crippen LogP contribution in [0.3, 0.4) is 0 Å². The topological polar surface area (TPSA) is 41.5 Å². The molecule has 74 valence electrons. The van der Waals surface area contributed by atoms with E-state index in [2.05, 4.69) is 10.5 Å². The molecule has 1 rings (SSSR count). The van der Waals surface area contributed by atoms with Gasteiger partial charge in [-0.1, -0.05) is 30.3 Å². The van der Waals surface area contributed by atoms with Gasteiger partial charge in [0, 0.05) is 12.3 Å². The largest absolute Gasteiger partial charge is 0.273 e.